The molecule has 0 fully saturated rings. The Morgan fingerprint density at radius 2 is 1.71 bits per heavy atom. The zero-order chi connectivity index (χ0) is 10.8. The van der Waals surface area contributed by atoms with Crippen LogP contribution in [0.15, 0.2) is 24.3 Å². The van der Waals surface area contributed by atoms with Crippen molar-refractivity contribution in [1.29, 1.82) is 0 Å². The first-order valence-electron chi connectivity index (χ1n) is 5.28. The van der Waals surface area contributed by atoms with E-state index in [1.807, 2.05) is 26.0 Å². The zero-order valence-corrected chi connectivity index (χ0v) is 9.42. The Kier molecular flexibility index (Phi) is 7.95. The van der Waals surface area contributed by atoms with Gasteiger partial charge in [0.15, 0.2) is 0 Å². The molecule has 0 saturated carbocycles. The van der Waals surface area contributed by atoms with E-state index in [1.165, 1.54) is 5.56 Å². The van der Waals surface area contributed by atoms with E-state index in [-0.39, 0.29) is 0 Å². The Hall–Kier alpha value is -1.02. The summed E-state index contributed by atoms with van der Waals surface area (Å²) in [7, 11) is 0. The lowest BCUT2D eigenvalue weighted by molar-refractivity contribution is 0.328. The molecule has 1 aromatic carbocycles. The van der Waals surface area contributed by atoms with Gasteiger partial charge in [-0.2, -0.15) is 0 Å². The van der Waals surface area contributed by atoms with Gasteiger partial charge in [0.1, 0.15) is 12.4 Å². The molecule has 0 spiro atoms. The third-order valence-corrected chi connectivity index (χ3v) is 1.72. The number of benzene rings is 1. The highest BCUT2D eigenvalue weighted by atomic mass is 16.5. The first-order chi connectivity index (χ1) is 6.86. The summed E-state index contributed by atoms with van der Waals surface area (Å²) < 4.78 is 5.33. The first kappa shape index (κ1) is 13.0. The minimum absolute atomic E-state index is 0.565. The molecule has 2 N–H and O–H groups in total. The van der Waals surface area contributed by atoms with E-state index in [0.717, 1.165) is 12.2 Å². The van der Waals surface area contributed by atoms with Crippen molar-refractivity contribution in [2.45, 2.75) is 27.2 Å². The van der Waals surface area contributed by atoms with E-state index in [2.05, 4.69) is 19.1 Å². The van der Waals surface area contributed by atoms with Gasteiger partial charge in [-0.3, -0.25) is 0 Å². The zero-order valence-electron chi connectivity index (χ0n) is 9.42. The maximum Gasteiger partial charge on any atom is 0.119 e. The lowest BCUT2D eigenvalue weighted by Crippen LogP contribution is -2.10. The van der Waals surface area contributed by atoms with E-state index < -0.39 is 0 Å². The number of hydrogen-bond acceptors (Lipinski definition) is 2. The molecule has 0 aliphatic rings. The predicted molar refractivity (Wildman–Crippen MR) is 61.7 cm³/mol. The molecule has 0 heterocycles. The van der Waals surface area contributed by atoms with E-state index >= 15 is 0 Å². The molecule has 0 aromatic heterocycles. The molecule has 14 heavy (non-hydrogen) atoms. The third-order valence-electron chi connectivity index (χ3n) is 1.72. The third kappa shape index (κ3) is 4.87. The number of ether oxygens (including phenoxy) is 1. The lowest BCUT2D eigenvalue weighted by Gasteiger charge is -2.04. The van der Waals surface area contributed by atoms with Gasteiger partial charge < -0.3 is 10.5 Å². The molecule has 0 radical (unpaired) electrons. The Balaban J connectivity index is 0.000000791. The highest BCUT2D eigenvalue weighted by Crippen LogP contribution is 2.11. The summed E-state index contributed by atoms with van der Waals surface area (Å²) in [6.45, 7) is 7.29. The average Bonchev–Trinajstić information content (AvgIpc) is 2.30. The normalized spacial score (nSPS) is 8.86. The highest BCUT2D eigenvalue weighted by Gasteiger charge is 1.92. The smallest absolute Gasteiger partial charge is 0.119 e. The standard InChI is InChI=1S/C10H15NO.C2H6/c1-2-9-3-5-10(6-4-9)12-8-7-11;1-2/h3-6H,2,7-8,11H2,1H3;1-2H3. The van der Waals surface area contributed by atoms with Crippen LogP contribution >= 0.6 is 0 Å². The van der Waals surface area contributed by atoms with Crippen molar-refractivity contribution >= 4 is 0 Å². The molecule has 0 atom stereocenters. The van der Waals surface area contributed by atoms with Crippen LogP contribution in [0.1, 0.15) is 26.3 Å². The van der Waals surface area contributed by atoms with Gasteiger partial charge in [0.2, 0.25) is 0 Å². The van der Waals surface area contributed by atoms with Gasteiger partial charge in [0.25, 0.3) is 0 Å². The van der Waals surface area contributed by atoms with Gasteiger partial charge in [-0.25, -0.2) is 0 Å². The number of nitrogens with two attached hydrogens (primary N) is 1. The van der Waals surface area contributed by atoms with Crippen molar-refractivity contribution < 1.29 is 4.74 Å². The van der Waals surface area contributed by atoms with Crippen molar-refractivity contribution in [2.75, 3.05) is 13.2 Å². The van der Waals surface area contributed by atoms with Crippen LogP contribution in [0.2, 0.25) is 0 Å². The van der Waals surface area contributed by atoms with Gasteiger partial charge in [-0.05, 0) is 24.1 Å². The van der Waals surface area contributed by atoms with Crippen LogP contribution in [-0.4, -0.2) is 13.2 Å². The van der Waals surface area contributed by atoms with Crippen molar-refractivity contribution in [1.82, 2.24) is 0 Å². The van der Waals surface area contributed by atoms with Crippen LogP contribution in [0.3, 0.4) is 0 Å². The second-order valence-electron chi connectivity index (χ2n) is 2.63. The van der Waals surface area contributed by atoms with Gasteiger partial charge >= 0.3 is 0 Å². The van der Waals surface area contributed by atoms with E-state index in [4.69, 9.17) is 10.5 Å². The van der Waals surface area contributed by atoms with Crippen LogP contribution in [-0.2, 0) is 6.42 Å². The van der Waals surface area contributed by atoms with E-state index in [0.29, 0.717) is 13.2 Å². The summed E-state index contributed by atoms with van der Waals surface area (Å²) >= 11 is 0. The minimum Gasteiger partial charge on any atom is -0.492 e. The molecule has 0 bridgehead atoms. The lowest BCUT2D eigenvalue weighted by atomic mass is 10.2. The summed E-state index contributed by atoms with van der Waals surface area (Å²) in [5.41, 5.74) is 6.64. The topological polar surface area (TPSA) is 35.2 Å². The van der Waals surface area contributed by atoms with Crippen LogP contribution in [0.25, 0.3) is 0 Å². The molecule has 0 saturated heterocycles. The number of aryl methyl sites for hydroxylation is 1. The fraction of sp³-hybridized carbons (Fsp3) is 0.500. The molecule has 0 amide bonds. The summed E-state index contributed by atoms with van der Waals surface area (Å²) in [6.07, 6.45) is 1.07. The summed E-state index contributed by atoms with van der Waals surface area (Å²) in [5, 5.41) is 0. The monoisotopic (exact) mass is 195 g/mol. The SMILES string of the molecule is CC.CCc1ccc(OCCN)cc1. The Morgan fingerprint density at radius 1 is 1.14 bits per heavy atom. The second kappa shape index (κ2) is 8.57. The minimum atomic E-state index is 0.565. The van der Waals surface area contributed by atoms with Crippen molar-refractivity contribution in [3.05, 3.63) is 29.8 Å². The van der Waals surface area contributed by atoms with Crippen LogP contribution in [0.5, 0.6) is 5.75 Å². The van der Waals surface area contributed by atoms with Crippen molar-refractivity contribution in [3.63, 3.8) is 0 Å². The molecule has 0 aliphatic carbocycles. The molecular weight excluding hydrogens is 174 g/mol. The summed E-state index contributed by atoms with van der Waals surface area (Å²) in [6, 6.07) is 8.11. The maximum atomic E-state index is 5.33. The van der Waals surface area contributed by atoms with Gasteiger partial charge in [-0.15, -0.1) is 0 Å². The summed E-state index contributed by atoms with van der Waals surface area (Å²) in [5.74, 6) is 0.901. The Morgan fingerprint density at radius 3 is 2.14 bits per heavy atom. The van der Waals surface area contributed by atoms with Crippen molar-refractivity contribution in [3.8, 4) is 5.75 Å². The second-order valence-corrected chi connectivity index (χ2v) is 2.63. The van der Waals surface area contributed by atoms with Gasteiger partial charge in [-0.1, -0.05) is 32.9 Å². The molecular formula is C12H21NO. The van der Waals surface area contributed by atoms with E-state index in [9.17, 15) is 0 Å². The molecule has 2 heteroatoms. The Labute approximate surface area is 87.1 Å². The quantitative estimate of drug-likeness (QED) is 0.801. The molecule has 0 unspecified atom stereocenters. The fourth-order valence-corrected chi connectivity index (χ4v) is 0.998. The van der Waals surface area contributed by atoms with Crippen LogP contribution in [0, 0.1) is 0 Å². The highest BCUT2D eigenvalue weighted by molar-refractivity contribution is 5.27. The summed E-state index contributed by atoms with van der Waals surface area (Å²) in [4.78, 5) is 0. The van der Waals surface area contributed by atoms with Gasteiger partial charge in [0.05, 0.1) is 0 Å². The molecule has 0 aliphatic heterocycles. The molecule has 2 nitrogen and oxygen atoms in total. The van der Waals surface area contributed by atoms with Crippen LogP contribution in [0.4, 0.5) is 0 Å². The Bertz CT molecular complexity index is 218. The average molecular weight is 195 g/mol. The number of hydrogen-bond donors (Lipinski definition) is 1. The largest absolute Gasteiger partial charge is 0.492 e. The van der Waals surface area contributed by atoms with Crippen molar-refractivity contribution in [2.24, 2.45) is 5.73 Å². The fourth-order valence-electron chi connectivity index (χ4n) is 0.998. The van der Waals surface area contributed by atoms with Gasteiger partial charge in [0, 0.05) is 6.54 Å². The van der Waals surface area contributed by atoms with E-state index in [1.54, 1.807) is 0 Å². The first-order valence-corrected chi connectivity index (χ1v) is 5.28. The predicted octanol–water partition coefficient (Wildman–Crippen LogP) is 2.61. The molecule has 80 valence electrons. The number of rotatable bonds is 4. The van der Waals surface area contributed by atoms with Crippen LogP contribution < -0.4 is 10.5 Å². The molecule has 1 rings (SSSR count). The maximum absolute atomic E-state index is 5.33. The molecule has 1 aromatic rings.